The standard InChI is InChI=1S/C17H22N4O6S/c1-19-15(18)14(16(23)20(2)17(19)24)13(22)9-21(8-12-4-3-6-27-12)11-5-7-28(25,26)10-11/h3-4,6,11H,5,7-10,18H2,1-2H3/t11-/m1/s1. The van der Waals surface area contributed by atoms with Crippen molar-refractivity contribution >= 4 is 21.4 Å². The normalized spacial score (nSPS) is 18.6. The van der Waals surface area contributed by atoms with Crippen LogP contribution < -0.4 is 17.0 Å². The van der Waals surface area contributed by atoms with E-state index in [0.717, 1.165) is 9.13 Å². The number of anilines is 1. The first kappa shape index (κ1) is 20.1. The number of sulfone groups is 1. The Balaban J connectivity index is 1.94. The number of rotatable bonds is 6. The summed E-state index contributed by atoms with van der Waals surface area (Å²) in [7, 11) is -0.533. The molecule has 2 aromatic rings. The molecule has 0 spiro atoms. The number of nitrogen functional groups attached to an aromatic ring is 1. The van der Waals surface area contributed by atoms with Gasteiger partial charge in [0.15, 0.2) is 15.6 Å². The molecule has 3 rings (SSSR count). The number of hydrogen-bond acceptors (Lipinski definition) is 8. The van der Waals surface area contributed by atoms with Crippen molar-refractivity contribution in [1.82, 2.24) is 14.0 Å². The van der Waals surface area contributed by atoms with Gasteiger partial charge in [-0.1, -0.05) is 0 Å². The molecular formula is C17H22N4O6S. The summed E-state index contributed by atoms with van der Waals surface area (Å²) in [4.78, 5) is 39.0. The molecule has 0 bridgehead atoms. The predicted octanol–water partition coefficient (Wildman–Crippen LogP) is -0.869. The smallest absolute Gasteiger partial charge is 0.332 e. The minimum atomic E-state index is -3.17. The SMILES string of the molecule is Cn1c(N)c(C(=O)CN(Cc2ccco2)[C@@H]2CCS(=O)(=O)C2)c(=O)n(C)c1=O. The molecule has 10 nitrogen and oxygen atoms in total. The van der Waals surface area contributed by atoms with E-state index >= 15 is 0 Å². The van der Waals surface area contributed by atoms with Crippen molar-refractivity contribution in [3.8, 4) is 0 Å². The second-order valence-electron chi connectivity index (χ2n) is 6.93. The summed E-state index contributed by atoms with van der Waals surface area (Å²) in [6.45, 7) is -0.0105. The Morgan fingerprint density at radius 1 is 1.32 bits per heavy atom. The molecular weight excluding hydrogens is 388 g/mol. The van der Waals surface area contributed by atoms with Gasteiger partial charge in [-0.3, -0.25) is 23.6 Å². The zero-order chi connectivity index (χ0) is 20.6. The quantitative estimate of drug-likeness (QED) is 0.607. The van der Waals surface area contributed by atoms with Crippen LogP contribution >= 0.6 is 0 Å². The molecule has 1 aliphatic heterocycles. The van der Waals surface area contributed by atoms with Crippen molar-refractivity contribution in [2.75, 3.05) is 23.8 Å². The Morgan fingerprint density at radius 3 is 2.61 bits per heavy atom. The van der Waals surface area contributed by atoms with Crippen LogP contribution in [0.1, 0.15) is 22.5 Å². The highest BCUT2D eigenvalue weighted by Crippen LogP contribution is 2.21. The lowest BCUT2D eigenvalue weighted by Gasteiger charge is -2.26. The Kier molecular flexibility index (Phi) is 5.31. The van der Waals surface area contributed by atoms with Crippen molar-refractivity contribution in [1.29, 1.82) is 0 Å². The van der Waals surface area contributed by atoms with Gasteiger partial charge in [-0.15, -0.1) is 0 Å². The number of furan rings is 1. The number of hydrogen-bond donors (Lipinski definition) is 1. The van der Waals surface area contributed by atoms with E-state index in [-0.39, 0.29) is 42.0 Å². The van der Waals surface area contributed by atoms with E-state index in [0.29, 0.717) is 12.2 Å². The van der Waals surface area contributed by atoms with Gasteiger partial charge in [-0.25, -0.2) is 13.2 Å². The zero-order valence-electron chi connectivity index (χ0n) is 15.6. The molecule has 1 saturated heterocycles. The van der Waals surface area contributed by atoms with E-state index in [9.17, 15) is 22.8 Å². The zero-order valence-corrected chi connectivity index (χ0v) is 16.4. The highest BCUT2D eigenvalue weighted by molar-refractivity contribution is 7.91. The lowest BCUT2D eigenvalue weighted by atomic mass is 10.1. The van der Waals surface area contributed by atoms with Crippen LogP contribution in [-0.2, 0) is 30.5 Å². The van der Waals surface area contributed by atoms with Crippen molar-refractivity contribution < 1.29 is 17.6 Å². The van der Waals surface area contributed by atoms with Gasteiger partial charge in [-0.2, -0.15) is 0 Å². The van der Waals surface area contributed by atoms with Crippen molar-refractivity contribution in [3.05, 3.63) is 50.6 Å². The topological polar surface area (TPSA) is 138 Å². The summed E-state index contributed by atoms with van der Waals surface area (Å²) in [5.41, 5.74) is 4.17. The molecule has 0 saturated carbocycles. The highest BCUT2D eigenvalue weighted by atomic mass is 32.2. The summed E-state index contributed by atoms with van der Waals surface area (Å²) in [5.74, 6) is -0.246. The Bertz CT molecular complexity index is 1110. The summed E-state index contributed by atoms with van der Waals surface area (Å²) < 4.78 is 31.0. The molecule has 0 unspecified atom stereocenters. The van der Waals surface area contributed by atoms with Gasteiger partial charge in [0.05, 0.1) is 30.9 Å². The van der Waals surface area contributed by atoms with Gasteiger partial charge in [0.2, 0.25) is 0 Å². The van der Waals surface area contributed by atoms with Gasteiger partial charge in [0.25, 0.3) is 5.56 Å². The average Bonchev–Trinajstić information content (AvgIpc) is 3.27. The monoisotopic (exact) mass is 410 g/mol. The Hall–Kier alpha value is -2.66. The third-order valence-corrected chi connectivity index (χ3v) is 6.75. The largest absolute Gasteiger partial charge is 0.468 e. The Labute approximate surface area is 161 Å². The molecule has 1 aliphatic rings. The van der Waals surface area contributed by atoms with E-state index in [2.05, 4.69) is 0 Å². The molecule has 0 radical (unpaired) electrons. The van der Waals surface area contributed by atoms with Crippen molar-refractivity contribution in [2.24, 2.45) is 14.1 Å². The second-order valence-corrected chi connectivity index (χ2v) is 9.16. The van der Waals surface area contributed by atoms with Crippen LogP contribution in [-0.4, -0.2) is 52.3 Å². The fourth-order valence-corrected chi connectivity index (χ4v) is 5.13. The molecule has 1 fully saturated rings. The van der Waals surface area contributed by atoms with Crippen LogP contribution in [0.4, 0.5) is 5.82 Å². The van der Waals surface area contributed by atoms with E-state index in [1.807, 2.05) is 0 Å². The van der Waals surface area contributed by atoms with Gasteiger partial charge in [0.1, 0.15) is 17.1 Å². The minimum Gasteiger partial charge on any atom is -0.468 e. The lowest BCUT2D eigenvalue weighted by Crippen LogP contribution is -2.45. The molecule has 152 valence electrons. The number of aromatic nitrogens is 2. The molecule has 0 aromatic carbocycles. The first-order valence-corrected chi connectivity index (χ1v) is 10.5. The van der Waals surface area contributed by atoms with E-state index < -0.39 is 26.9 Å². The first-order chi connectivity index (χ1) is 13.1. The van der Waals surface area contributed by atoms with Crippen LogP contribution in [0.5, 0.6) is 0 Å². The minimum absolute atomic E-state index is 0.0459. The molecule has 0 amide bonds. The van der Waals surface area contributed by atoms with Gasteiger partial charge in [-0.05, 0) is 18.6 Å². The van der Waals surface area contributed by atoms with Gasteiger partial charge in [0, 0.05) is 20.1 Å². The average molecular weight is 410 g/mol. The maximum absolute atomic E-state index is 12.9. The number of carbonyl (C=O) groups excluding carboxylic acids is 1. The number of carbonyl (C=O) groups is 1. The summed E-state index contributed by atoms with van der Waals surface area (Å²) in [6.07, 6.45) is 1.87. The van der Waals surface area contributed by atoms with Crippen LogP contribution in [0.25, 0.3) is 0 Å². The number of Topliss-reactive ketones (excluding diaryl/α,β-unsaturated/α-hetero) is 1. The molecule has 3 heterocycles. The van der Waals surface area contributed by atoms with Crippen LogP contribution in [0.2, 0.25) is 0 Å². The fraction of sp³-hybridized carbons (Fsp3) is 0.471. The number of ketones is 1. The number of nitrogens with zero attached hydrogens (tertiary/aromatic N) is 3. The van der Waals surface area contributed by atoms with Crippen LogP contribution in [0, 0.1) is 0 Å². The van der Waals surface area contributed by atoms with Gasteiger partial charge < -0.3 is 10.2 Å². The molecule has 28 heavy (non-hydrogen) atoms. The fourth-order valence-electron chi connectivity index (χ4n) is 3.37. The van der Waals surface area contributed by atoms with E-state index in [1.165, 1.54) is 20.4 Å². The van der Waals surface area contributed by atoms with Crippen molar-refractivity contribution in [2.45, 2.75) is 19.0 Å². The molecule has 2 aromatic heterocycles. The molecule has 2 N–H and O–H groups in total. The Morgan fingerprint density at radius 2 is 2.04 bits per heavy atom. The maximum Gasteiger partial charge on any atom is 0.332 e. The highest BCUT2D eigenvalue weighted by Gasteiger charge is 2.34. The van der Waals surface area contributed by atoms with Crippen LogP contribution in [0.15, 0.2) is 32.4 Å². The third-order valence-electron chi connectivity index (χ3n) is 5.00. The summed E-state index contributed by atoms with van der Waals surface area (Å²) in [5, 5.41) is 0. The third kappa shape index (κ3) is 3.80. The molecule has 0 aliphatic carbocycles. The molecule has 11 heteroatoms. The summed E-state index contributed by atoms with van der Waals surface area (Å²) in [6, 6.07) is 3.04. The second kappa shape index (κ2) is 7.40. The van der Waals surface area contributed by atoms with Crippen molar-refractivity contribution in [3.63, 3.8) is 0 Å². The maximum atomic E-state index is 12.9. The van der Waals surface area contributed by atoms with E-state index in [1.54, 1.807) is 17.0 Å². The molecule has 1 atom stereocenters. The summed E-state index contributed by atoms with van der Waals surface area (Å²) >= 11 is 0. The predicted molar refractivity (Wildman–Crippen MR) is 102 cm³/mol. The number of nitrogens with two attached hydrogens (primary N) is 1. The van der Waals surface area contributed by atoms with Crippen LogP contribution in [0.3, 0.4) is 0 Å². The first-order valence-electron chi connectivity index (χ1n) is 8.66. The van der Waals surface area contributed by atoms with E-state index in [4.69, 9.17) is 10.2 Å². The van der Waals surface area contributed by atoms with Gasteiger partial charge >= 0.3 is 5.69 Å². The lowest BCUT2D eigenvalue weighted by molar-refractivity contribution is 0.0882.